The average molecular weight is 346 g/mol. The predicted octanol–water partition coefficient (Wildman–Crippen LogP) is 4.42. The van der Waals surface area contributed by atoms with Gasteiger partial charge in [0.05, 0.1) is 17.4 Å². The van der Waals surface area contributed by atoms with Crippen LogP contribution in [0.4, 0.5) is 0 Å². The Labute approximate surface area is 150 Å². The predicted molar refractivity (Wildman–Crippen MR) is 103 cm³/mol. The zero-order valence-electron chi connectivity index (χ0n) is 14.1. The SMILES string of the molecule is Cc1ccc(-c2csc3ncnc(C(N)c4ccccn4)c23)cc1C. The Kier molecular flexibility index (Phi) is 4.03. The van der Waals surface area contributed by atoms with Crippen molar-refractivity contribution in [2.75, 3.05) is 0 Å². The molecule has 0 radical (unpaired) electrons. The molecule has 0 amide bonds. The molecule has 3 heterocycles. The zero-order chi connectivity index (χ0) is 17.4. The number of benzene rings is 1. The van der Waals surface area contributed by atoms with Crippen LogP contribution in [0, 0.1) is 13.8 Å². The average Bonchev–Trinajstić information content (AvgIpc) is 3.08. The van der Waals surface area contributed by atoms with Crippen LogP contribution in [0.3, 0.4) is 0 Å². The maximum atomic E-state index is 6.49. The van der Waals surface area contributed by atoms with Crippen molar-refractivity contribution in [3.63, 3.8) is 0 Å². The minimum atomic E-state index is -0.383. The molecule has 0 aliphatic rings. The zero-order valence-corrected chi connectivity index (χ0v) is 14.9. The normalized spacial score (nSPS) is 12.4. The van der Waals surface area contributed by atoms with E-state index in [-0.39, 0.29) is 6.04 Å². The van der Waals surface area contributed by atoms with E-state index in [1.54, 1.807) is 23.9 Å². The van der Waals surface area contributed by atoms with Crippen molar-refractivity contribution in [2.45, 2.75) is 19.9 Å². The van der Waals surface area contributed by atoms with E-state index in [9.17, 15) is 0 Å². The highest BCUT2D eigenvalue weighted by Gasteiger charge is 2.20. The van der Waals surface area contributed by atoms with Crippen molar-refractivity contribution < 1.29 is 0 Å². The number of pyridine rings is 1. The Morgan fingerprint density at radius 1 is 1.00 bits per heavy atom. The lowest BCUT2D eigenvalue weighted by molar-refractivity contribution is 0.800. The lowest BCUT2D eigenvalue weighted by Crippen LogP contribution is -2.15. The molecule has 25 heavy (non-hydrogen) atoms. The number of aromatic nitrogens is 3. The maximum absolute atomic E-state index is 6.49. The first-order valence-corrected chi connectivity index (χ1v) is 8.99. The summed E-state index contributed by atoms with van der Waals surface area (Å²) in [5.41, 5.74) is 13.0. The summed E-state index contributed by atoms with van der Waals surface area (Å²) in [4.78, 5) is 14.3. The third kappa shape index (κ3) is 2.81. The summed E-state index contributed by atoms with van der Waals surface area (Å²) >= 11 is 1.62. The van der Waals surface area contributed by atoms with Crippen molar-refractivity contribution in [3.05, 3.63) is 76.8 Å². The van der Waals surface area contributed by atoms with Crippen LogP contribution in [0.5, 0.6) is 0 Å². The summed E-state index contributed by atoms with van der Waals surface area (Å²) in [5, 5.41) is 3.16. The molecule has 0 aliphatic heterocycles. The van der Waals surface area contributed by atoms with Gasteiger partial charge in [0.1, 0.15) is 11.2 Å². The van der Waals surface area contributed by atoms with Gasteiger partial charge < -0.3 is 5.73 Å². The Balaban J connectivity index is 1.92. The van der Waals surface area contributed by atoms with Gasteiger partial charge in [0, 0.05) is 22.5 Å². The maximum Gasteiger partial charge on any atom is 0.127 e. The fourth-order valence-electron chi connectivity index (χ4n) is 2.96. The summed E-state index contributed by atoms with van der Waals surface area (Å²) < 4.78 is 0. The summed E-state index contributed by atoms with van der Waals surface area (Å²) in [6.45, 7) is 4.25. The van der Waals surface area contributed by atoms with Crippen molar-refractivity contribution in [1.82, 2.24) is 15.0 Å². The monoisotopic (exact) mass is 346 g/mol. The van der Waals surface area contributed by atoms with Crippen molar-refractivity contribution in [2.24, 2.45) is 5.73 Å². The highest BCUT2D eigenvalue weighted by molar-refractivity contribution is 7.17. The molecule has 1 atom stereocenters. The van der Waals surface area contributed by atoms with Crippen LogP contribution >= 0.6 is 11.3 Å². The Bertz CT molecular complexity index is 1040. The minimum absolute atomic E-state index is 0.383. The van der Waals surface area contributed by atoms with Crippen LogP contribution < -0.4 is 5.73 Å². The molecule has 4 rings (SSSR count). The smallest absolute Gasteiger partial charge is 0.127 e. The molecule has 4 aromatic rings. The first kappa shape index (κ1) is 15.9. The van der Waals surface area contributed by atoms with E-state index < -0.39 is 0 Å². The first-order valence-electron chi connectivity index (χ1n) is 8.11. The van der Waals surface area contributed by atoms with Crippen LogP contribution in [-0.2, 0) is 0 Å². The quantitative estimate of drug-likeness (QED) is 0.596. The van der Waals surface area contributed by atoms with Crippen LogP contribution in [0.15, 0.2) is 54.3 Å². The van der Waals surface area contributed by atoms with Gasteiger partial charge in [0.15, 0.2) is 0 Å². The third-order valence-corrected chi connectivity index (χ3v) is 5.40. The molecular weight excluding hydrogens is 328 g/mol. The summed E-state index contributed by atoms with van der Waals surface area (Å²) in [7, 11) is 0. The van der Waals surface area contributed by atoms with Crippen LogP contribution in [0.1, 0.15) is 28.6 Å². The molecule has 124 valence electrons. The van der Waals surface area contributed by atoms with Crippen molar-refractivity contribution in [3.8, 4) is 11.1 Å². The third-order valence-electron chi connectivity index (χ3n) is 4.52. The van der Waals surface area contributed by atoms with Gasteiger partial charge in [-0.25, -0.2) is 9.97 Å². The van der Waals surface area contributed by atoms with Crippen molar-refractivity contribution >= 4 is 21.6 Å². The van der Waals surface area contributed by atoms with E-state index in [0.29, 0.717) is 0 Å². The Morgan fingerprint density at radius 2 is 1.88 bits per heavy atom. The first-order chi connectivity index (χ1) is 12.1. The molecule has 2 N–H and O–H groups in total. The van der Waals surface area contributed by atoms with Gasteiger partial charge in [-0.3, -0.25) is 4.98 Å². The lowest BCUT2D eigenvalue weighted by Gasteiger charge is -2.13. The van der Waals surface area contributed by atoms with Crippen LogP contribution in [-0.4, -0.2) is 15.0 Å². The molecule has 5 heteroatoms. The number of hydrogen-bond acceptors (Lipinski definition) is 5. The second-order valence-electron chi connectivity index (χ2n) is 6.12. The molecule has 4 nitrogen and oxygen atoms in total. The highest BCUT2D eigenvalue weighted by Crippen LogP contribution is 2.37. The van der Waals surface area contributed by atoms with Crippen molar-refractivity contribution in [1.29, 1.82) is 0 Å². The largest absolute Gasteiger partial charge is 0.318 e. The second-order valence-corrected chi connectivity index (χ2v) is 6.98. The number of aryl methyl sites for hydroxylation is 2. The van der Waals surface area contributed by atoms with Crippen LogP contribution in [0.2, 0.25) is 0 Å². The minimum Gasteiger partial charge on any atom is -0.318 e. The molecule has 0 spiro atoms. The van der Waals surface area contributed by atoms with Gasteiger partial charge in [0.25, 0.3) is 0 Å². The van der Waals surface area contributed by atoms with Crippen LogP contribution in [0.25, 0.3) is 21.3 Å². The lowest BCUT2D eigenvalue weighted by atomic mass is 9.98. The molecule has 1 aromatic carbocycles. The number of nitrogens with two attached hydrogens (primary N) is 1. The van der Waals surface area contributed by atoms with Gasteiger partial charge in [-0.1, -0.05) is 24.3 Å². The molecule has 3 aromatic heterocycles. The van der Waals surface area contributed by atoms with E-state index in [1.807, 2.05) is 18.2 Å². The van der Waals surface area contributed by atoms with Gasteiger partial charge in [-0.05, 0) is 42.7 Å². The molecule has 0 fully saturated rings. The Hall–Kier alpha value is -2.63. The molecular formula is C20H18N4S. The number of rotatable bonds is 3. The molecule has 0 saturated heterocycles. The number of hydrogen-bond donors (Lipinski definition) is 1. The molecule has 0 bridgehead atoms. The fourth-order valence-corrected chi connectivity index (χ4v) is 3.88. The highest BCUT2D eigenvalue weighted by atomic mass is 32.1. The van der Waals surface area contributed by atoms with E-state index in [4.69, 9.17) is 5.73 Å². The van der Waals surface area contributed by atoms with E-state index in [0.717, 1.165) is 27.2 Å². The number of thiophene rings is 1. The topological polar surface area (TPSA) is 64.7 Å². The van der Waals surface area contributed by atoms with E-state index in [1.165, 1.54) is 16.7 Å². The number of nitrogens with zero attached hydrogens (tertiary/aromatic N) is 3. The van der Waals surface area contributed by atoms with Gasteiger partial charge in [0.2, 0.25) is 0 Å². The molecule has 0 aliphatic carbocycles. The number of fused-ring (bicyclic) bond motifs is 1. The molecule has 0 saturated carbocycles. The Morgan fingerprint density at radius 3 is 2.64 bits per heavy atom. The summed E-state index contributed by atoms with van der Waals surface area (Å²) in [6, 6.07) is 11.9. The van der Waals surface area contributed by atoms with Gasteiger partial charge in [-0.15, -0.1) is 11.3 Å². The second kappa shape index (κ2) is 6.35. The summed E-state index contributed by atoms with van der Waals surface area (Å²) in [5.74, 6) is 0. The summed E-state index contributed by atoms with van der Waals surface area (Å²) in [6.07, 6.45) is 3.34. The van der Waals surface area contributed by atoms with E-state index >= 15 is 0 Å². The van der Waals surface area contributed by atoms with Gasteiger partial charge in [-0.2, -0.15) is 0 Å². The fraction of sp³-hybridized carbons (Fsp3) is 0.150. The standard InChI is InChI=1S/C20H18N4S/c1-12-6-7-14(9-13(12)2)15-10-25-20-17(15)19(23-11-24-20)18(21)16-5-3-4-8-22-16/h3-11,18H,21H2,1-2H3. The molecule has 1 unspecified atom stereocenters. The van der Waals surface area contributed by atoms with Gasteiger partial charge >= 0.3 is 0 Å². The van der Waals surface area contributed by atoms with E-state index in [2.05, 4.69) is 52.4 Å².